The second-order valence-electron chi connectivity index (χ2n) is 1.76. The number of hydrogen-bond acceptors (Lipinski definition) is 2. The third kappa shape index (κ3) is 5.82. The lowest BCUT2D eigenvalue weighted by Crippen LogP contribution is -1.93. The van der Waals surface area contributed by atoms with Gasteiger partial charge in [0.05, 0.1) is 7.11 Å². The van der Waals surface area contributed by atoms with Crippen LogP contribution in [0.15, 0.2) is 12.2 Å². The zero-order chi connectivity index (χ0) is 7.82. The molecule has 0 saturated carbocycles. The van der Waals surface area contributed by atoms with Crippen LogP contribution < -0.4 is 0 Å². The minimum atomic E-state index is -0.283. The topological polar surface area (TPSA) is 26.3 Å². The van der Waals surface area contributed by atoms with E-state index in [9.17, 15) is 4.79 Å². The standard InChI is InChI=1S/C7H11BrO2/c1-10-7(9)5-3-2-4-6-8/h3,5H,2,4,6H2,1H3/b5-3-. The van der Waals surface area contributed by atoms with Crippen molar-refractivity contribution in [3.8, 4) is 0 Å². The van der Waals surface area contributed by atoms with Crippen LogP contribution in [0.25, 0.3) is 0 Å². The van der Waals surface area contributed by atoms with Gasteiger partial charge >= 0.3 is 5.97 Å². The molecule has 0 radical (unpaired) electrons. The Bertz CT molecular complexity index is 121. The van der Waals surface area contributed by atoms with Crippen LogP contribution in [-0.4, -0.2) is 18.4 Å². The van der Waals surface area contributed by atoms with Crippen LogP contribution in [0, 0.1) is 0 Å². The lowest BCUT2D eigenvalue weighted by molar-refractivity contribution is -0.134. The summed E-state index contributed by atoms with van der Waals surface area (Å²) >= 11 is 3.28. The highest BCUT2D eigenvalue weighted by Gasteiger charge is 1.88. The first kappa shape index (κ1) is 9.69. The van der Waals surface area contributed by atoms with Crippen molar-refractivity contribution >= 4 is 21.9 Å². The molecular weight excluding hydrogens is 196 g/mol. The van der Waals surface area contributed by atoms with Crippen molar-refractivity contribution < 1.29 is 9.53 Å². The van der Waals surface area contributed by atoms with E-state index in [1.165, 1.54) is 13.2 Å². The summed E-state index contributed by atoms with van der Waals surface area (Å²) in [6, 6.07) is 0. The van der Waals surface area contributed by atoms with E-state index in [4.69, 9.17) is 0 Å². The van der Waals surface area contributed by atoms with Gasteiger partial charge < -0.3 is 4.74 Å². The third-order valence-corrected chi connectivity index (χ3v) is 1.52. The number of allylic oxidation sites excluding steroid dienone is 1. The lowest BCUT2D eigenvalue weighted by atomic mass is 10.3. The molecule has 58 valence electrons. The number of alkyl halides is 1. The third-order valence-electron chi connectivity index (χ3n) is 0.960. The number of methoxy groups -OCH3 is 1. The molecule has 0 aliphatic carbocycles. The fourth-order valence-electron chi connectivity index (χ4n) is 0.443. The van der Waals surface area contributed by atoms with E-state index in [1.807, 2.05) is 6.08 Å². The van der Waals surface area contributed by atoms with Crippen LogP contribution in [0.4, 0.5) is 0 Å². The quantitative estimate of drug-likeness (QED) is 0.304. The summed E-state index contributed by atoms with van der Waals surface area (Å²) in [6.07, 6.45) is 5.23. The Morgan fingerprint density at radius 3 is 2.90 bits per heavy atom. The van der Waals surface area contributed by atoms with Crippen molar-refractivity contribution in [1.29, 1.82) is 0 Å². The van der Waals surface area contributed by atoms with E-state index in [0.717, 1.165) is 18.2 Å². The van der Waals surface area contributed by atoms with Gasteiger partial charge in [-0.1, -0.05) is 22.0 Å². The highest BCUT2D eigenvalue weighted by Crippen LogP contribution is 1.94. The molecule has 0 N–H and O–H groups in total. The summed E-state index contributed by atoms with van der Waals surface area (Å²) in [6.45, 7) is 0. The summed E-state index contributed by atoms with van der Waals surface area (Å²) < 4.78 is 4.39. The van der Waals surface area contributed by atoms with Gasteiger partial charge in [-0.25, -0.2) is 4.79 Å². The molecule has 0 atom stereocenters. The molecule has 0 unspecified atom stereocenters. The highest BCUT2D eigenvalue weighted by molar-refractivity contribution is 9.09. The van der Waals surface area contributed by atoms with Gasteiger partial charge in [0.2, 0.25) is 0 Å². The van der Waals surface area contributed by atoms with Gasteiger partial charge in [-0.05, 0) is 12.8 Å². The van der Waals surface area contributed by atoms with Gasteiger partial charge in [0, 0.05) is 11.4 Å². The molecule has 0 aliphatic rings. The summed E-state index contributed by atoms with van der Waals surface area (Å²) in [5.41, 5.74) is 0. The number of ether oxygens (including phenoxy) is 1. The Morgan fingerprint density at radius 1 is 1.70 bits per heavy atom. The smallest absolute Gasteiger partial charge is 0.330 e. The molecule has 0 fully saturated rings. The molecule has 0 bridgehead atoms. The molecular formula is C7H11BrO2. The fourth-order valence-corrected chi connectivity index (χ4v) is 0.766. The monoisotopic (exact) mass is 206 g/mol. The summed E-state index contributed by atoms with van der Waals surface area (Å²) in [7, 11) is 1.37. The Balaban J connectivity index is 3.27. The maximum atomic E-state index is 10.5. The molecule has 0 amide bonds. The van der Waals surface area contributed by atoms with Crippen molar-refractivity contribution in [2.24, 2.45) is 0 Å². The van der Waals surface area contributed by atoms with Crippen molar-refractivity contribution in [3.63, 3.8) is 0 Å². The van der Waals surface area contributed by atoms with Crippen LogP contribution in [0.2, 0.25) is 0 Å². The molecule has 0 saturated heterocycles. The van der Waals surface area contributed by atoms with Gasteiger partial charge in [-0.15, -0.1) is 0 Å². The average molecular weight is 207 g/mol. The van der Waals surface area contributed by atoms with Crippen LogP contribution in [-0.2, 0) is 9.53 Å². The Morgan fingerprint density at radius 2 is 2.40 bits per heavy atom. The van der Waals surface area contributed by atoms with Crippen molar-refractivity contribution in [2.75, 3.05) is 12.4 Å². The first-order valence-corrected chi connectivity index (χ1v) is 4.24. The number of unbranched alkanes of at least 4 members (excludes halogenated alkanes) is 1. The minimum Gasteiger partial charge on any atom is -0.466 e. The molecule has 3 heteroatoms. The van der Waals surface area contributed by atoms with Gasteiger partial charge in [-0.3, -0.25) is 0 Å². The molecule has 0 aromatic carbocycles. The second kappa shape index (κ2) is 6.81. The first-order chi connectivity index (χ1) is 4.81. The Labute approximate surface area is 69.4 Å². The predicted octanol–water partition coefficient (Wildman–Crippen LogP) is 1.89. The lowest BCUT2D eigenvalue weighted by Gasteiger charge is -1.88. The van der Waals surface area contributed by atoms with Crippen molar-refractivity contribution in [2.45, 2.75) is 12.8 Å². The Hall–Kier alpha value is -0.310. The highest BCUT2D eigenvalue weighted by atomic mass is 79.9. The predicted molar refractivity (Wildman–Crippen MR) is 44.2 cm³/mol. The van der Waals surface area contributed by atoms with Gasteiger partial charge in [-0.2, -0.15) is 0 Å². The molecule has 2 nitrogen and oxygen atoms in total. The van der Waals surface area contributed by atoms with Crippen LogP contribution in [0.5, 0.6) is 0 Å². The molecule has 0 aromatic heterocycles. The maximum absolute atomic E-state index is 10.5. The van der Waals surface area contributed by atoms with E-state index in [1.54, 1.807) is 0 Å². The SMILES string of the molecule is COC(=O)/C=C\CCCBr. The van der Waals surface area contributed by atoms with E-state index >= 15 is 0 Å². The summed E-state index contributed by atoms with van der Waals surface area (Å²) in [4.78, 5) is 10.5. The van der Waals surface area contributed by atoms with Crippen molar-refractivity contribution in [3.05, 3.63) is 12.2 Å². The number of esters is 1. The van der Waals surface area contributed by atoms with E-state index in [-0.39, 0.29) is 5.97 Å². The minimum absolute atomic E-state index is 0.283. The largest absolute Gasteiger partial charge is 0.466 e. The zero-order valence-corrected chi connectivity index (χ0v) is 7.56. The van der Waals surface area contributed by atoms with Gasteiger partial charge in [0.1, 0.15) is 0 Å². The van der Waals surface area contributed by atoms with E-state index in [0.29, 0.717) is 0 Å². The summed E-state index contributed by atoms with van der Waals surface area (Å²) in [5, 5.41) is 0.971. The number of carbonyl (C=O) groups excluding carboxylic acids is 1. The number of halogens is 1. The zero-order valence-electron chi connectivity index (χ0n) is 5.97. The Kier molecular flexibility index (Phi) is 6.59. The molecule has 10 heavy (non-hydrogen) atoms. The molecule has 0 heterocycles. The number of hydrogen-bond donors (Lipinski definition) is 0. The van der Waals surface area contributed by atoms with E-state index < -0.39 is 0 Å². The fraction of sp³-hybridized carbons (Fsp3) is 0.571. The van der Waals surface area contributed by atoms with Crippen molar-refractivity contribution in [1.82, 2.24) is 0 Å². The normalized spacial score (nSPS) is 10.2. The van der Waals surface area contributed by atoms with Gasteiger partial charge in [0.25, 0.3) is 0 Å². The van der Waals surface area contributed by atoms with E-state index in [2.05, 4.69) is 20.7 Å². The van der Waals surface area contributed by atoms with Crippen LogP contribution in [0.1, 0.15) is 12.8 Å². The maximum Gasteiger partial charge on any atom is 0.330 e. The molecule has 0 spiro atoms. The van der Waals surface area contributed by atoms with Crippen LogP contribution in [0.3, 0.4) is 0 Å². The van der Waals surface area contributed by atoms with Gasteiger partial charge in [0.15, 0.2) is 0 Å². The molecule has 0 aliphatic heterocycles. The second-order valence-corrected chi connectivity index (χ2v) is 2.55. The first-order valence-electron chi connectivity index (χ1n) is 3.11. The number of carbonyl (C=O) groups is 1. The number of rotatable bonds is 4. The molecule has 0 aromatic rings. The average Bonchev–Trinajstić information content (AvgIpc) is 1.98. The van der Waals surface area contributed by atoms with Crippen LogP contribution >= 0.6 is 15.9 Å². The summed E-state index contributed by atoms with van der Waals surface area (Å²) in [5.74, 6) is -0.283. The molecule has 0 rings (SSSR count).